The molecule has 1 aromatic carbocycles. The smallest absolute Gasteiger partial charge is 0.227 e. The topological polar surface area (TPSA) is 75.4 Å². The van der Waals surface area contributed by atoms with Crippen molar-refractivity contribution >= 4 is 33.4 Å². The molecule has 1 saturated carbocycles. The van der Waals surface area contributed by atoms with E-state index in [-0.39, 0.29) is 30.2 Å². The summed E-state index contributed by atoms with van der Waals surface area (Å²) in [7, 11) is 0. The van der Waals surface area contributed by atoms with E-state index in [4.69, 9.17) is 5.73 Å². The maximum absolute atomic E-state index is 12.4. The molecule has 3 N–H and O–H groups in total. The second kappa shape index (κ2) is 6.38. The lowest BCUT2D eigenvalue weighted by atomic mass is 10.1. The lowest BCUT2D eigenvalue weighted by Gasteiger charge is -2.20. The molecule has 1 aliphatic carbocycles. The minimum absolute atomic E-state index is 0.00558. The molecule has 0 spiro atoms. The first kappa shape index (κ1) is 15.5. The van der Waals surface area contributed by atoms with Crippen LogP contribution in [-0.2, 0) is 9.59 Å². The summed E-state index contributed by atoms with van der Waals surface area (Å²) in [6, 6.07) is 7.64. The molecule has 1 heterocycles. The van der Waals surface area contributed by atoms with Gasteiger partial charge in [0.2, 0.25) is 11.8 Å². The van der Waals surface area contributed by atoms with Gasteiger partial charge >= 0.3 is 0 Å². The average molecular weight is 366 g/mol. The van der Waals surface area contributed by atoms with Crippen molar-refractivity contribution in [2.24, 2.45) is 17.6 Å². The molecule has 1 aromatic rings. The number of nitrogens with two attached hydrogens (primary N) is 1. The second-order valence-electron chi connectivity index (χ2n) is 6.07. The van der Waals surface area contributed by atoms with E-state index >= 15 is 0 Å². The number of nitrogens with one attached hydrogen (secondary N) is 1. The Kier molecular flexibility index (Phi) is 4.49. The Balaban J connectivity index is 1.64. The largest absolute Gasteiger partial charge is 0.352 e. The van der Waals surface area contributed by atoms with Gasteiger partial charge in [0.1, 0.15) is 0 Å². The van der Waals surface area contributed by atoms with Gasteiger partial charge in [-0.3, -0.25) is 9.59 Å². The monoisotopic (exact) mass is 365 g/mol. The highest BCUT2D eigenvalue weighted by atomic mass is 79.9. The predicted octanol–water partition coefficient (Wildman–Crippen LogP) is 1.66. The number of nitrogens with zero attached hydrogens (tertiary/aromatic N) is 1. The van der Waals surface area contributed by atoms with Crippen LogP contribution in [0.5, 0.6) is 0 Å². The summed E-state index contributed by atoms with van der Waals surface area (Å²) in [6.45, 7) is 0.898. The third-order valence-electron chi connectivity index (χ3n) is 4.39. The van der Waals surface area contributed by atoms with E-state index in [1.54, 1.807) is 4.90 Å². The van der Waals surface area contributed by atoms with E-state index in [1.807, 2.05) is 24.3 Å². The van der Waals surface area contributed by atoms with E-state index in [1.165, 1.54) is 0 Å². The molecule has 0 aromatic heterocycles. The van der Waals surface area contributed by atoms with Gasteiger partial charge in [-0.05, 0) is 37.0 Å². The summed E-state index contributed by atoms with van der Waals surface area (Å²) in [5.41, 5.74) is 6.55. The van der Waals surface area contributed by atoms with Crippen LogP contribution < -0.4 is 16.0 Å². The molecule has 1 saturated heterocycles. The number of carbonyl (C=O) groups is 2. The normalized spacial score (nSPS) is 22.7. The Hall–Kier alpha value is -1.40. The number of rotatable bonds is 5. The van der Waals surface area contributed by atoms with Crippen LogP contribution in [0.15, 0.2) is 28.7 Å². The quantitative estimate of drug-likeness (QED) is 0.832. The van der Waals surface area contributed by atoms with Crippen LogP contribution in [0.2, 0.25) is 0 Å². The summed E-state index contributed by atoms with van der Waals surface area (Å²) in [5.74, 6) is 0.175. The third-order valence-corrected chi connectivity index (χ3v) is 4.88. The van der Waals surface area contributed by atoms with Crippen molar-refractivity contribution in [3.05, 3.63) is 28.7 Å². The van der Waals surface area contributed by atoms with E-state index < -0.39 is 0 Å². The van der Waals surface area contributed by atoms with Crippen LogP contribution >= 0.6 is 15.9 Å². The summed E-state index contributed by atoms with van der Waals surface area (Å²) < 4.78 is 0.919. The number of benzene rings is 1. The van der Waals surface area contributed by atoms with Crippen LogP contribution in [0.3, 0.4) is 0 Å². The highest BCUT2D eigenvalue weighted by Gasteiger charge is 2.38. The van der Waals surface area contributed by atoms with Crippen LogP contribution in [-0.4, -0.2) is 30.9 Å². The number of hydrogen-bond acceptors (Lipinski definition) is 3. The summed E-state index contributed by atoms with van der Waals surface area (Å²) >= 11 is 3.41. The Morgan fingerprint density at radius 3 is 2.86 bits per heavy atom. The van der Waals surface area contributed by atoms with Crippen molar-refractivity contribution in [2.45, 2.75) is 25.3 Å². The van der Waals surface area contributed by atoms with E-state index in [0.29, 0.717) is 19.0 Å². The molecule has 2 amide bonds. The van der Waals surface area contributed by atoms with Gasteiger partial charge in [0, 0.05) is 35.7 Å². The molecule has 3 rings (SSSR count). The molecule has 22 heavy (non-hydrogen) atoms. The number of anilines is 1. The fourth-order valence-electron chi connectivity index (χ4n) is 2.95. The molecule has 0 radical (unpaired) electrons. The molecule has 1 aliphatic heterocycles. The minimum atomic E-state index is -0.292. The van der Waals surface area contributed by atoms with Crippen LogP contribution in [0.4, 0.5) is 5.69 Å². The van der Waals surface area contributed by atoms with Gasteiger partial charge in [-0.2, -0.15) is 0 Å². The maximum atomic E-state index is 12.4. The number of amides is 2. The number of hydrogen-bond donors (Lipinski definition) is 2. The first-order chi connectivity index (χ1) is 10.6. The molecular formula is C16H20BrN3O2. The zero-order chi connectivity index (χ0) is 15.7. The summed E-state index contributed by atoms with van der Waals surface area (Å²) in [6.07, 6.45) is 2.53. The molecule has 5 nitrogen and oxygen atoms in total. The zero-order valence-electron chi connectivity index (χ0n) is 12.3. The molecule has 118 valence electrons. The molecule has 0 bridgehead atoms. The standard InChI is InChI=1S/C16H20BrN3O2/c17-12-2-1-3-13(7-12)20-9-11(6-15(20)21)16(22)19-14(8-18)10-4-5-10/h1-3,7,10-11,14H,4-6,8-9,18H2,(H,19,22). The van der Waals surface area contributed by atoms with Crippen molar-refractivity contribution in [1.82, 2.24) is 5.32 Å². The molecule has 2 atom stereocenters. The first-order valence-corrected chi connectivity index (χ1v) is 8.44. The zero-order valence-corrected chi connectivity index (χ0v) is 13.9. The van der Waals surface area contributed by atoms with Gasteiger partial charge in [0.05, 0.1) is 5.92 Å². The SMILES string of the molecule is NCC(NC(=O)C1CC(=O)N(c2cccc(Br)c2)C1)C1CC1. The third kappa shape index (κ3) is 3.33. The molecular weight excluding hydrogens is 346 g/mol. The molecule has 2 fully saturated rings. The Morgan fingerprint density at radius 1 is 1.45 bits per heavy atom. The number of halogens is 1. The summed E-state index contributed by atoms with van der Waals surface area (Å²) in [5, 5.41) is 3.02. The van der Waals surface area contributed by atoms with Crippen molar-refractivity contribution in [1.29, 1.82) is 0 Å². The second-order valence-corrected chi connectivity index (χ2v) is 6.99. The highest BCUT2D eigenvalue weighted by Crippen LogP contribution is 2.33. The fraction of sp³-hybridized carbons (Fsp3) is 0.500. The van der Waals surface area contributed by atoms with Crippen molar-refractivity contribution in [2.75, 3.05) is 18.0 Å². The van der Waals surface area contributed by atoms with Crippen molar-refractivity contribution in [3.63, 3.8) is 0 Å². The minimum Gasteiger partial charge on any atom is -0.352 e. The van der Waals surface area contributed by atoms with Gasteiger partial charge < -0.3 is 16.0 Å². The summed E-state index contributed by atoms with van der Waals surface area (Å²) in [4.78, 5) is 26.3. The van der Waals surface area contributed by atoms with Gasteiger partial charge in [0.25, 0.3) is 0 Å². The van der Waals surface area contributed by atoms with Crippen LogP contribution in [0, 0.1) is 11.8 Å². The average Bonchev–Trinajstić information content (AvgIpc) is 3.26. The molecule has 2 aliphatic rings. The van der Waals surface area contributed by atoms with Gasteiger partial charge in [-0.25, -0.2) is 0 Å². The highest BCUT2D eigenvalue weighted by molar-refractivity contribution is 9.10. The van der Waals surface area contributed by atoms with Crippen molar-refractivity contribution in [3.8, 4) is 0 Å². The van der Waals surface area contributed by atoms with Crippen molar-refractivity contribution < 1.29 is 9.59 Å². The number of carbonyl (C=O) groups excluding carboxylic acids is 2. The van der Waals surface area contributed by atoms with Crippen LogP contribution in [0.25, 0.3) is 0 Å². The fourth-order valence-corrected chi connectivity index (χ4v) is 3.33. The maximum Gasteiger partial charge on any atom is 0.227 e. The lowest BCUT2D eigenvalue weighted by Crippen LogP contribution is -2.45. The van der Waals surface area contributed by atoms with Gasteiger partial charge in [-0.1, -0.05) is 22.0 Å². The lowest BCUT2D eigenvalue weighted by molar-refractivity contribution is -0.127. The van der Waals surface area contributed by atoms with Gasteiger partial charge in [0.15, 0.2) is 0 Å². The first-order valence-electron chi connectivity index (χ1n) is 7.65. The molecule has 6 heteroatoms. The van der Waals surface area contributed by atoms with E-state index in [0.717, 1.165) is 23.0 Å². The van der Waals surface area contributed by atoms with E-state index in [9.17, 15) is 9.59 Å². The predicted molar refractivity (Wildman–Crippen MR) is 88.3 cm³/mol. The van der Waals surface area contributed by atoms with Crippen LogP contribution in [0.1, 0.15) is 19.3 Å². The Bertz CT molecular complexity index is 589. The molecule has 2 unspecified atom stereocenters. The van der Waals surface area contributed by atoms with Gasteiger partial charge in [-0.15, -0.1) is 0 Å². The Labute approximate surface area is 138 Å². The Morgan fingerprint density at radius 2 is 2.23 bits per heavy atom. The van der Waals surface area contributed by atoms with E-state index in [2.05, 4.69) is 21.2 Å².